The molecular formula is C19H22Cl2. The summed E-state index contributed by atoms with van der Waals surface area (Å²) in [5, 5.41) is 0. The number of aryl methyl sites for hydroxylation is 1. The van der Waals surface area contributed by atoms with Crippen molar-refractivity contribution in [2.45, 2.75) is 25.7 Å². The van der Waals surface area contributed by atoms with Crippen LogP contribution in [0.1, 0.15) is 24.0 Å². The van der Waals surface area contributed by atoms with Gasteiger partial charge in [-0.3, -0.25) is 0 Å². The van der Waals surface area contributed by atoms with E-state index < -0.39 is 0 Å². The van der Waals surface area contributed by atoms with E-state index in [1.807, 2.05) is 6.07 Å². The molecule has 2 aromatic rings. The van der Waals surface area contributed by atoms with Gasteiger partial charge in [-0.25, -0.2) is 0 Å². The van der Waals surface area contributed by atoms with Gasteiger partial charge in [0, 0.05) is 17.2 Å². The third-order valence-corrected chi connectivity index (χ3v) is 5.14. The summed E-state index contributed by atoms with van der Waals surface area (Å²) < 4.78 is 0. The van der Waals surface area contributed by atoms with Gasteiger partial charge >= 0.3 is 0 Å². The molecule has 112 valence electrons. The Morgan fingerprint density at radius 1 is 0.714 bits per heavy atom. The van der Waals surface area contributed by atoms with Crippen molar-refractivity contribution in [3.63, 3.8) is 0 Å². The molecule has 0 atom stereocenters. The highest BCUT2D eigenvalue weighted by Gasteiger charge is 2.28. The van der Waals surface area contributed by atoms with Crippen molar-refractivity contribution in [1.82, 2.24) is 0 Å². The molecule has 0 N–H and O–H groups in total. The zero-order valence-corrected chi connectivity index (χ0v) is 13.8. The van der Waals surface area contributed by atoms with Crippen molar-refractivity contribution < 1.29 is 0 Å². The highest BCUT2D eigenvalue weighted by Crippen LogP contribution is 2.32. The summed E-state index contributed by atoms with van der Waals surface area (Å²) in [7, 11) is 0. The molecule has 0 aliphatic rings. The fourth-order valence-corrected chi connectivity index (χ4v) is 3.44. The van der Waals surface area contributed by atoms with Crippen molar-refractivity contribution in [3.8, 4) is 0 Å². The van der Waals surface area contributed by atoms with Gasteiger partial charge in [-0.15, -0.1) is 23.2 Å². The van der Waals surface area contributed by atoms with E-state index in [0.29, 0.717) is 11.8 Å². The molecule has 2 rings (SSSR count). The Morgan fingerprint density at radius 2 is 1.24 bits per heavy atom. The second-order valence-corrected chi connectivity index (χ2v) is 6.30. The van der Waals surface area contributed by atoms with Crippen LogP contribution in [0.25, 0.3) is 0 Å². The molecule has 2 aromatic carbocycles. The minimum absolute atomic E-state index is 0.000749. The summed E-state index contributed by atoms with van der Waals surface area (Å²) in [6.45, 7) is 0. The van der Waals surface area contributed by atoms with Crippen LogP contribution in [-0.4, -0.2) is 11.8 Å². The van der Waals surface area contributed by atoms with E-state index in [1.54, 1.807) is 0 Å². The maximum atomic E-state index is 6.27. The Balaban J connectivity index is 1.94. The molecule has 0 unspecified atom stereocenters. The molecule has 0 aliphatic carbocycles. The molecular weight excluding hydrogens is 299 g/mol. The van der Waals surface area contributed by atoms with Crippen LogP contribution in [-0.2, 0) is 12.8 Å². The normalized spacial score (nSPS) is 11.5. The number of hydrogen-bond donors (Lipinski definition) is 0. The zero-order chi connectivity index (χ0) is 15.0. The van der Waals surface area contributed by atoms with Gasteiger partial charge in [-0.2, -0.15) is 0 Å². The van der Waals surface area contributed by atoms with Crippen LogP contribution >= 0.6 is 23.2 Å². The molecule has 0 spiro atoms. The average Bonchev–Trinajstić information content (AvgIpc) is 2.56. The first kappa shape index (κ1) is 16.4. The predicted octanol–water partition coefficient (Wildman–Crippen LogP) is 5.72. The minimum atomic E-state index is -0.000749. The average molecular weight is 321 g/mol. The standard InChI is InChI=1S/C19H22Cl2/c20-15-19(16-21,14-18-10-5-2-6-11-18)13-7-12-17-8-3-1-4-9-17/h1-6,8-11H,7,12-16H2. The number of rotatable bonds is 8. The molecule has 0 amide bonds. The van der Waals surface area contributed by atoms with Crippen LogP contribution in [0, 0.1) is 5.41 Å². The van der Waals surface area contributed by atoms with Crippen LogP contribution < -0.4 is 0 Å². The molecule has 0 saturated carbocycles. The molecule has 0 fully saturated rings. The SMILES string of the molecule is ClCC(CCl)(CCCc1ccccc1)Cc1ccccc1. The summed E-state index contributed by atoms with van der Waals surface area (Å²) in [5.74, 6) is 1.22. The van der Waals surface area contributed by atoms with E-state index >= 15 is 0 Å². The molecule has 0 nitrogen and oxygen atoms in total. The van der Waals surface area contributed by atoms with E-state index in [-0.39, 0.29) is 5.41 Å². The highest BCUT2D eigenvalue weighted by molar-refractivity contribution is 6.21. The number of hydrogen-bond acceptors (Lipinski definition) is 0. The van der Waals surface area contributed by atoms with Crippen molar-refractivity contribution >= 4 is 23.2 Å². The van der Waals surface area contributed by atoms with Gasteiger partial charge in [-0.05, 0) is 36.8 Å². The van der Waals surface area contributed by atoms with Crippen molar-refractivity contribution in [3.05, 3.63) is 71.8 Å². The molecule has 21 heavy (non-hydrogen) atoms. The number of benzene rings is 2. The monoisotopic (exact) mass is 320 g/mol. The summed E-state index contributed by atoms with van der Waals surface area (Å²) in [6, 6.07) is 21.1. The van der Waals surface area contributed by atoms with Gasteiger partial charge in [0.1, 0.15) is 0 Å². The lowest BCUT2D eigenvalue weighted by Crippen LogP contribution is -2.28. The third-order valence-electron chi connectivity index (χ3n) is 4.00. The Kier molecular flexibility index (Phi) is 6.60. The fraction of sp³-hybridized carbons (Fsp3) is 0.368. The summed E-state index contributed by atoms with van der Waals surface area (Å²) >= 11 is 12.5. The quantitative estimate of drug-likeness (QED) is 0.546. The van der Waals surface area contributed by atoms with Crippen molar-refractivity contribution in [2.75, 3.05) is 11.8 Å². The van der Waals surface area contributed by atoms with Gasteiger partial charge in [0.2, 0.25) is 0 Å². The van der Waals surface area contributed by atoms with Gasteiger partial charge < -0.3 is 0 Å². The Morgan fingerprint density at radius 3 is 1.76 bits per heavy atom. The maximum Gasteiger partial charge on any atom is 0.0294 e. The van der Waals surface area contributed by atoms with Gasteiger partial charge in [0.05, 0.1) is 0 Å². The first-order valence-corrected chi connectivity index (χ1v) is 8.55. The van der Waals surface area contributed by atoms with Gasteiger partial charge in [0.15, 0.2) is 0 Å². The van der Waals surface area contributed by atoms with E-state index in [1.165, 1.54) is 11.1 Å². The van der Waals surface area contributed by atoms with Crippen LogP contribution in [0.3, 0.4) is 0 Å². The van der Waals surface area contributed by atoms with Crippen LogP contribution in [0.15, 0.2) is 60.7 Å². The van der Waals surface area contributed by atoms with Gasteiger partial charge in [0.25, 0.3) is 0 Å². The molecule has 0 saturated heterocycles. The Bertz CT molecular complexity index is 504. The second-order valence-electron chi connectivity index (χ2n) is 5.77. The van der Waals surface area contributed by atoms with E-state index in [9.17, 15) is 0 Å². The molecule has 2 heteroatoms. The van der Waals surface area contributed by atoms with Gasteiger partial charge in [-0.1, -0.05) is 60.7 Å². The summed E-state index contributed by atoms with van der Waals surface area (Å²) in [4.78, 5) is 0. The van der Waals surface area contributed by atoms with Crippen LogP contribution in [0.5, 0.6) is 0 Å². The lowest BCUT2D eigenvalue weighted by Gasteiger charge is -2.30. The summed E-state index contributed by atoms with van der Waals surface area (Å²) in [6.07, 6.45) is 4.22. The molecule has 0 aliphatic heterocycles. The lowest BCUT2D eigenvalue weighted by molar-refractivity contribution is 0.334. The molecule has 0 radical (unpaired) electrons. The third kappa shape index (κ3) is 5.05. The second kappa shape index (κ2) is 8.46. The molecule has 0 heterocycles. The highest BCUT2D eigenvalue weighted by atomic mass is 35.5. The number of alkyl halides is 2. The first-order valence-electron chi connectivity index (χ1n) is 7.48. The molecule has 0 bridgehead atoms. The number of halogens is 2. The molecule has 0 aromatic heterocycles. The summed E-state index contributed by atoms with van der Waals surface area (Å²) in [5.41, 5.74) is 2.70. The Labute approximate surface area is 138 Å². The minimum Gasteiger partial charge on any atom is -0.126 e. The first-order chi connectivity index (χ1) is 10.3. The van der Waals surface area contributed by atoms with Crippen molar-refractivity contribution in [1.29, 1.82) is 0 Å². The van der Waals surface area contributed by atoms with Crippen molar-refractivity contribution in [2.24, 2.45) is 5.41 Å². The maximum absolute atomic E-state index is 6.27. The smallest absolute Gasteiger partial charge is 0.0294 e. The van der Waals surface area contributed by atoms with Crippen LogP contribution in [0.2, 0.25) is 0 Å². The predicted molar refractivity (Wildman–Crippen MR) is 93.4 cm³/mol. The largest absolute Gasteiger partial charge is 0.126 e. The Hall–Kier alpha value is -0.980. The fourth-order valence-electron chi connectivity index (χ4n) is 2.69. The van der Waals surface area contributed by atoms with Crippen LogP contribution in [0.4, 0.5) is 0 Å². The van der Waals surface area contributed by atoms with E-state index in [4.69, 9.17) is 23.2 Å². The lowest BCUT2D eigenvalue weighted by atomic mass is 9.80. The van der Waals surface area contributed by atoms with E-state index in [2.05, 4.69) is 54.6 Å². The van der Waals surface area contributed by atoms with E-state index in [0.717, 1.165) is 25.7 Å². The topological polar surface area (TPSA) is 0 Å². The zero-order valence-electron chi connectivity index (χ0n) is 12.3.